The first-order chi connectivity index (χ1) is 28.7. The van der Waals surface area contributed by atoms with E-state index in [9.17, 15) is 0 Å². The Balaban J connectivity index is 0.998. The number of hydrogen-bond donors (Lipinski definition) is 0. The lowest BCUT2D eigenvalue weighted by atomic mass is 9.87. The molecule has 0 saturated carbocycles. The SMILES string of the molecule is c1ccc2c(-c3ccc4cc(-c5cc6cc(-c7ccc8cc(-c9cccc%10ccccc9%10)ccc8c7)c7ccccc7c6c6ccccc56)ccc4c3)cccc2c1. The van der Waals surface area contributed by atoms with Crippen molar-refractivity contribution in [3.63, 3.8) is 0 Å². The molecule has 12 aromatic rings. The van der Waals surface area contributed by atoms with Crippen molar-refractivity contribution in [2.45, 2.75) is 0 Å². The fourth-order valence-electron chi connectivity index (χ4n) is 9.57. The van der Waals surface area contributed by atoms with E-state index < -0.39 is 0 Å². The Morgan fingerprint density at radius 1 is 0.172 bits per heavy atom. The normalized spacial score (nSPS) is 11.8. The first-order valence-corrected chi connectivity index (χ1v) is 20.2. The zero-order chi connectivity index (χ0) is 38.2. The zero-order valence-electron chi connectivity index (χ0n) is 31.8. The molecule has 0 aromatic heterocycles. The summed E-state index contributed by atoms with van der Waals surface area (Å²) in [6.07, 6.45) is 0. The number of fused-ring (bicyclic) bond motifs is 9. The maximum atomic E-state index is 2.43. The van der Waals surface area contributed by atoms with Gasteiger partial charge in [-0.3, -0.25) is 0 Å². The minimum absolute atomic E-state index is 1.23. The second-order valence-electron chi connectivity index (χ2n) is 15.6. The molecule has 0 saturated heterocycles. The zero-order valence-corrected chi connectivity index (χ0v) is 31.8. The smallest absolute Gasteiger partial charge is 0.00259 e. The van der Waals surface area contributed by atoms with Crippen LogP contribution in [0.2, 0.25) is 0 Å². The van der Waals surface area contributed by atoms with Gasteiger partial charge in [-0.15, -0.1) is 0 Å². The van der Waals surface area contributed by atoms with Gasteiger partial charge in [0.2, 0.25) is 0 Å². The lowest BCUT2D eigenvalue weighted by Gasteiger charge is -2.17. The molecule has 0 heteroatoms. The summed E-state index contributed by atoms with van der Waals surface area (Å²) in [5, 5.41) is 17.7. The van der Waals surface area contributed by atoms with Gasteiger partial charge in [-0.1, -0.05) is 182 Å². The van der Waals surface area contributed by atoms with Crippen LogP contribution in [0.25, 0.3) is 120 Å². The van der Waals surface area contributed by atoms with E-state index in [-0.39, 0.29) is 0 Å². The molecule has 0 radical (unpaired) electrons. The molecule has 0 fully saturated rings. The van der Waals surface area contributed by atoms with Crippen LogP contribution in [0.1, 0.15) is 0 Å². The second-order valence-corrected chi connectivity index (χ2v) is 15.6. The van der Waals surface area contributed by atoms with Gasteiger partial charge in [-0.25, -0.2) is 0 Å². The molecule has 12 aromatic carbocycles. The minimum Gasteiger partial charge on any atom is -0.0616 e. The molecule has 0 nitrogen and oxygen atoms in total. The summed E-state index contributed by atoms with van der Waals surface area (Å²) in [7, 11) is 0. The molecule has 0 heterocycles. The summed E-state index contributed by atoms with van der Waals surface area (Å²) >= 11 is 0. The summed E-state index contributed by atoms with van der Waals surface area (Å²) in [4.78, 5) is 0. The van der Waals surface area contributed by atoms with E-state index >= 15 is 0 Å². The van der Waals surface area contributed by atoms with Crippen molar-refractivity contribution in [1.29, 1.82) is 0 Å². The van der Waals surface area contributed by atoms with E-state index in [2.05, 4.69) is 218 Å². The highest BCUT2D eigenvalue weighted by Gasteiger charge is 2.16. The van der Waals surface area contributed by atoms with Gasteiger partial charge >= 0.3 is 0 Å². The van der Waals surface area contributed by atoms with E-state index in [1.807, 2.05) is 0 Å². The fourth-order valence-corrected chi connectivity index (χ4v) is 9.57. The second kappa shape index (κ2) is 13.0. The van der Waals surface area contributed by atoms with Gasteiger partial charge in [0.25, 0.3) is 0 Å². The molecule has 0 amide bonds. The van der Waals surface area contributed by atoms with Gasteiger partial charge in [0.15, 0.2) is 0 Å². The van der Waals surface area contributed by atoms with E-state index in [0.29, 0.717) is 0 Å². The molecule has 0 aliphatic heterocycles. The average molecular weight is 733 g/mol. The van der Waals surface area contributed by atoms with Crippen molar-refractivity contribution in [1.82, 2.24) is 0 Å². The molecule has 268 valence electrons. The third-order valence-electron chi connectivity index (χ3n) is 12.4. The van der Waals surface area contributed by atoms with E-state index in [4.69, 9.17) is 0 Å². The highest BCUT2D eigenvalue weighted by Crippen LogP contribution is 2.43. The van der Waals surface area contributed by atoms with Crippen LogP contribution < -0.4 is 0 Å². The van der Waals surface area contributed by atoms with Gasteiger partial charge < -0.3 is 0 Å². The van der Waals surface area contributed by atoms with E-state index in [1.54, 1.807) is 0 Å². The molecule has 0 bridgehead atoms. The molecule has 58 heavy (non-hydrogen) atoms. The molecule has 0 N–H and O–H groups in total. The monoisotopic (exact) mass is 732 g/mol. The third-order valence-corrected chi connectivity index (χ3v) is 12.4. The predicted octanol–water partition coefficient (Wildman–Crippen LogP) is 16.4. The molecular formula is C58H36. The standard InChI is InChI=1S/C58H36/c1-3-15-48-37(11-1)13-9-21-50(48)43-27-23-41-33-45(29-25-39(41)31-43)56-35-47-36-57(53-18-6-8-20-55(53)58(47)54-19-7-5-17-52(54)56)46-30-26-40-32-44(28-24-42(40)34-46)51-22-10-14-38-12-2-4-16-49(38)51/h1-36H. The molecule has 0 spiro atoms. The van der Waals surface area contributed by atoms with Crippen LogP contribution in [0, 0.1) is 0 Å². The highest BCUT2D eigenvalue weighted by atomic mass is 14.2. The Morgan fingerprint density at radius 3 is 0.914 bits per heavy atom. The first kappa shape index (κ1) is 32.7. The van der Waals surface area contributed by atoms with E-state index in [1.165, 1.54) is 120 Å². The van der Waals surface area contributed by atoms with Crippen LogP contribution in [-0.4, -0.2) is 0 Å². The van der Waals surface area contributed by atoms with Gasteiger partial charge in [-0.05, 0) is 156 Å². The lowest BCUT2D eigenvalue weighted by Crippen LogP contribution is -1.90. The van der Waals surface area contributed by atoms with Crippen molar-refractivity contribution >= 4 is 75.4 Å². The molecule has 0 atom stereocenters. The lowest BCUT2D eigenvalue weighted by molar-refractivity contribution is 1.66. The van der Waals surface area contributed by atoms with Crippen LogP contribution in [0.3, 0.4) is 0 Å². The van der Waals surface area contributed by atoms with Gasteiger partial charge in [0, 0.05) is 0 Å². The predicted molar refractivity (Wildman–Crippen MR) is 251 cm³/mol. The molecule has 12 rings (SSSR count). The highest BCUT2D eigenvalue weighted by molar-refractivity contribution is 6.26. The number of rotatable bonds is 4. The van der Waals surface area contributed by atoms with Crippen molar-refractivity contribution in [2.75, 3.05) is 0 Å². The summed E-state index contributed by atoms with van der Waals surface area (Å²) in [5.41, 5.74) is 9.98. The fraction of sp³-hybridized carbons (Fsp3) is 0. The minimum atomic E-state index is 1.23. The Hall–Kier alpha value is -7.54. The van der Waals surface area contributed by atoms with Crippen LogP contribution in [0.5, 0.6) is 0 Å². The molecule has 0 aliphatic carbocycles. The third kappa shape index (κ3) is 5.23. The van der Waals surface area contributed by atoms with Crippen molar-refractivity contribution in [3.05, 3.63) is 218 Å². The topological polar surface area (TPSA) is 0 Å². The Bertz CT molecular complexity index is 3380. The molecular weight excluding hydrogens is 697 g/mol. The summed E-state index contributed by atoms with van der Waals surface area (Å²) in [6, 6.07) is 81.0. The average Bonchev–Trinajstić information content (AvgIpc) is 3.30. The Kier molecular flexibility index (Phi) is 7.33. The van der Waals surface area contributed by atoms with Crippen molar-refractivity contribution in [2.24, 2.45) is 0 Å². The van der Waals surface area contributed by atoms with E-state index in [0.717, 1.165) is 0 Å². The maximum absolute atomic E-state index is 2.43. The van der Waals surface area contributed by atoms with Crippen molar-refractivity contribution in [3.8, 4) is 44.5 Å². The Morgan fingerprint density at radius 2 is 0.500 bits per heavy atom. The Labute approximate surface area is 336 Å². The van der Waals surface area contributed by atoms with Crippen LogP contribution >= 0.6 is 0 Å². The van der Waals surface area contributed by atoms with Crippen LogP contribution in [0.4, 0.5) is 0 Å². The quantitative estimate of drug-likeness (QED) is 0.158. The van der Waals surface area contributed by atoms with Gasteiger partial charge in [0.05, 0.1) is 0 Å². The maximum Gasteiger partial charge on any atom is -0.00259 e. The first-order valence-electron chi connectivity index (χ1n) is 20.2. The summed E-state index contributed by atoms with van der Waals surface area (Å²) in [5.74, 6) is 0. The summed E-state index contributed by atoms with van der Waals surface area (Å²) < 4.78 is 0. The van der Waals surface area contributed by atoms with Crippen LogP contribution in [-0.2, 0) is 0 Å². The van der Waals surface area contributed by atoms with Crippen molar-refractivity contribution < 1.29 is 0 Å². The van der Waals surface area contributed by atoms with Crippen LogP contribution in [0.15, 0.2) is 218 Å². The van der Waals surface area contributed by atoms with Gasteiger partial charge in [-0.2, -0.15) is 0 Å². The number of benzene rings is 12. The van der Waals surface area contributed by atoms with Gasteiger partial charge in [0.1, 0.15) is 0 Å². The largest absolute Gasteiger partial charge is 0.0616 e. The number of hydrogen-bond acceptors (Lipinski definition) is 0. The molecule has 0 unspecified atom stereocenters. The molecule has 0 aliphatic rings. The summed E-state index contributed by atoms with van der Waals surface area (Å²) in [6.45, 7) is 0.